The summed E-state index contributed by atoms with van der Waals surface area (Å²) in [5.74, 6) is 1.36. The number of hydrogen-bond acceptors (Lipinski definition) is 3. The van der Waals surface area contributed by atoms with Gasteiger partial charge in [0.05, 0.1) is 12.1 Å². The molecule has 0 aromatic carbocycles. The van der Waals surface area contributed by atoms with E-state index in [0.717, 1.165) is 32.6 Å². The van der Waals surface area contributed by atoms with Gasteiger partial charge in [-0.25, -0.2) is 0 Å². The van der Waals surface area contributed by atoms with Crippen molar-refractivity contribution in [2.24, 2.45) is 11.8 Å². The maximum Gasteiger partial charge on any atom is 0.0628 e. The molecule has 0 amide bonds. The van der Waals surface area contributed by atoms with E-state index in [0.29, 0.717) is 11.8 Å². The van der Waals surface area contributed by atoms with Crippen molar-refractivity contribution in [3.8, 4) is 0 Å². The van der Waals surface area contributed by atoms with Crippen LogP contribution < -0.4 is 5.32 Å². The third-order valence-electron chi connectivity index (χ3n) is 3.94. The first-order chi connectivity index (χ1) is 8.57. The van der Waals surface area contributed by atoms with E-state index in [9.17, 15) is 5.11 Å². The Labute approximate surface area is 113 Å². The van der Waals surface area contributed by atoms with E-state index in [4.69, 9.17) is 0 Å². The Morgan fingerprint density at radius 1 is 1.33 bits per heavy atom. The van der Waals surface area contributed by atoms with Crippen molar-refractivity contribution in [3.63, 3.8) is 0 Å². The number of nitrogens with one attached hydrogen (secondary N) is 1. The molecule has 1 unspecified atom stereocenters. The van der Waals surface area contributed by atoms with E-state index in [1.54, 1.807) is 0 Å². The molecule has 0 heterocycles. The molecule has 1 fully saturated rings. The summed E-state index contributed by atoms with van der Waals surface area (Å²) in [4.78, 5) is 2.49. The van der Waals surface area contributed by atoms with Crippen LogP contribution in [0, 0.1) is 11.8 Å². The topological polar surface area (TPSA) is 35.5 Å². The SMILES string of the molecule is CCCNC(CO)(CN(CC)CC(C)C)C1CC1. The molecule has 3 heteroatoms. The highest BCUT2D eigenvalue weighted by atomic mass is 16.3. The van der Waals surface area contributed by atoms with Crippen LogP contribution in [-0.2, 0) is 0 Å². The first-order valence-corrected chi connectivity index (χ1v) is 7.66. The van der Waals surface area contributed by atoms with Gasteiger partial charge in [-0.3, -0.25) is 0 Å². The molecule has 0 spiro atoms. The van der Waals surface area contributed by atoms with Gasteiger partial charge >= 0.3 is 0 Å². The maximum atomic E-state index is 9.90. The molecular weight excluding hydrogens is 224 g/mol. The van der Waals surface area contributed by atoms with E-state index < -0.39 is 0 Å². The van der Waals surface area contributed by atoms with Crippen LogP contribution in [-0.4, -0.2) is 48.3 Å². The van der Waals surface area contributed by atoms with Gasteiger partial charge in [0, 0.05) is 13.1 Å². The smallest absolute Gasteiger partial charge is 0.0628 e. The predicted molar refractivity (Wildman–Crippen MR) is 77.8 cm³/mol. The summed E-state index contributed by atoms with van der Waals surface area (Å²) < 4.78 is 0. The number of likely N-dealkylation sites (N-methyl/N-ethyl adjacent to an activating group) is 1. The summed E-state index contributed by atoms with van der Waals surface area (Å²) in [5, 5.41) is 13.5. The fourth-order valence-electron chi connectivity index (χ4n) is 2.80. The van der Waals surface area contributed by atoms with Crippen LogP contribution in [0.3, 0.4) is 0 Å². The van der Waals surface area contributed by atoms with Crippen LogP contribution in [0.2, 0.25) is 0 Å². The van der Waals surface area contributed by atoms with Gasteiger partial charge in [-0.2, -0.15) is 0 Å². The lowest BCUT2D eigenvalue weighted by molar-refractivity contribution is 0.0876. The lowest BCUT2D eigenvalue weighted by atomic mass is 9.92. The number of nitrogens with zero attached hydrogens (tertiary/aromatic N) is 1. The Hall–Kier alpha value is -0.120. The zero-order chi connectivity index (χ0) is 13.6. The fraction of sp³-hybridized carbons (Fsp3) is 1.00. The first kappa shape index (κ1) is 15.9. The van der Waals surface area contributed by atoms with E-state index in [1.807, 2.05) is 0 Å². The minimum absolute atomic E-state index is 0.0547. The van der Waals surface area contributed by atoms with Crippen molar-refractivity contribution in [1.29, 1.82) is 0 Å². The summed E-state index contributed by atoms with van der Waals surface area (Å²) in [6.45, 7) is 13.4. The van der Waals surface area contributed by atoms with Crippen LogP contribution in [0.5, 0.6) is 0 Å². The van der Waals surface area contributed by atoms with Crippen LogP contribution in [0.25, 0.3) is 0 Å². The maximum absolute atomic E-state index is 9.90. The Kier molecular flexibility index (Phi) is 6.61. The highest BCUT2D eigenvalue weighted by Gasteiger charge is 2.45. The van der Waals surface area contributed by atoms with E-state index >= 15 is 0 Å². The van der Waals surface area contributed by atoms with Crippen LogP contribution in [0.1, 0.15) is 47.0 Å². The van der Waals surface area contributed by atoms with Crippen molar-refractivity contribution in [3.05, 3.63) is 0 Å². The van der Waals surface area contributed by atoms with Gasteiger partial charge in [0.15, 0.2) is 0 Å². The average Bonchev–Trinajstić information content (AvgIpc) is 3.17. The number of aliphatic hydroxyl groups is 1. The molecule has 0 bridgehead atoms. The largest absolute Gasteiger partial charge is 0.394 e. The molecule has 108 valence electrons. The standard InChI is InChI=1S/C15H32N2O/c1-5-9-16-15(12-18,14-7-8-14)11-17(6-2)10-13(3)4/h13-14,16,18H,5-12H2,1-4H3. The molecule has 18 heavy (non-hydrogen) atoms. The van der Waals surface area contributed by atoms with Crippen molar-refractivity contribution < 1.29 is 5.11 Å². The zero-order valence-corrected chi connectivity index (χ0v) is 12.7. The Morgan fingerprint density at radius 2 is 2.00 bits per heavy atom. The molecule has 0 saturated heterocycles. The van der Waals surface area contributed by atoms with Crippen molar-refractivity contribution >= 4 is 0 Å². The number of hydrogen-bond donors (Lipinski definition) is 2. The van der Waals surface area contributed by atoms with Crippen molar-refractivity contribution in [1.82, 2.24) is 10.2 Å². The lowest BCUT2D eigenvalue weighted by Crippen LogP contribution is -2.58. The molecule has 1 aliphatic rings. The fourth-order valence-corrected chi connectivity index (χ4v) is 2.80. The van der Waals surface area contributed by atoms with Crippen molar-refractivity contribution in [2.75, 3.05) is 32.8 Å². The van der Waals surface area contributed by atoms with Gasteiger partial charge < -0.3 is 15.3 Å². The van der Waals surface area contributed by atoms with E-state index in [2.05, 4.69) is 37.9 Å². The normalized spacial score (nSPS) is 19.5. The quantitative estimate of drug-likeness (QED) is 0.628. The molecule has 1 saturated carbocycles. The van der Waals surface area contributed by atoms with Crippen LogP contribution in [0.15, 0.2) is 0 Å². The monoisotopic (exact) mass is 256 g/mol. The molecule has 3 nitrogen and oxygen atoms in total. The summed E-state index contributed by atoms with van der Waals surface area (Å²) in [5.41, 5.74) is -0.0547. The van der Waals surface area contributed by atoms with Gasteiger partial charge in [-0.05, 0) is 44.2 Å². The summed E-state index contributed by atoms with van der Waals surface area (Å²) in [6.07, 6.45) is 3.68. The van der Waals surface area contributed by atoms with Crippen molar-refractivity contribution in [2.45, 2.75) is 52.5 Å². The summed E-state index contributed by atoms with van der Waals surface area (Å²) in [7, 11) is 0. The van der Waals surface area contributed by atoms with Gasteiger partial charge in [-0.15, -0.1) is 0 Å². The second kappa shape index (κ2) is 7.46. The molecule has 0 aromatic rings. The minimum atomic E-state index is -0.0547. The predicted octanol–water partition coefficient (Wildman–Crippen LogP) is 2.10. The highest BCUT2D eigenvalue weighted by molar-refractivity contribution is 5.02. The first-order valence-electron chi connectivity index (χ1n) is 7.66. The Bertz CT molecular complexity index is 229. The second-order valence-electron chi connectivity index (χ2n) is 6.24. The number of rotatable bonds is 10. The van der Waals surface area contributed by atoms with Crippen LogP contribution >= 0.6 is 0 Å². The zero-order valence-electron chi connectivity index (χ0n) is 12.7. The van der Waals surface area contributed by atoms with Gasteiger partial charge in [0.1, 0.15) is 0 Å². The molecular formula is C15H32N2O. The summed E-state index contributed by atoms with van der Waals surface area (Å²) >= 11 is 0. The van der Waals surface area contributed by atoms with E-state index in [-0.39, 0.29) is 12.1 Å². The Balaban J connectivity index is 2.63. The van der Waals surface area contributed by atoms with Crippen LogP contribution in [0.4, 0.5) is 0 Å². The molecule has 1 aliphatic carbocycles. The highest BCUT2D eigenvalue weighted by Crippen LogP contribution is 2.40. The Morgan fingerprint density at radius 3 is 2.39 bits per heavy atom. The third kappa shape index (κ3) is 4.52. The van der Waals surface area contributed by atoms with E-state index in [1.165, 1.54) is 12.8 Å². The molecule has 1 rings (SSSR count). The minimum Gasteiger partial charge on any atom is -0.394 e. The van der Waals surface area contributed by atoms with Gasteiger partial charge in [-0.1, -0.05) is 27.7 Å². The molecule has 1 atom stereocenters. The number of aliphatic hydroxyl groups excluding tert-OH is 1. The van der Waals surface area contributed by atoms with Gasteiger partial charge in [0.25, 0.3) is 0 Å². The lowest BCUT2D eigenvalue weighted by Gasteiger charge is -2.39. The molecule has 2 N–H and O–H groups in total. The second-order valence-corrected chi connectivity index (χ2v) is 6.24. The molecule has 0 aliphatic heterocycles. The molecule has 0 radical (unpaired) electrons. The molecule has 0 aromatic heterocycles. The average molecular weight is 256 g/mol. The van der Waals surface area contributed by atoms with Gasteiger partial charge in [0.2, 0.25) is 0 Å². The third-order valence-corrected chi connectivity index (χ3v) is 3.94. The summed E-state index contributed by atoms with van der Waals surface area (Å²) in [6, 6.07) is 0.